The Hall–Kier alpha value is -0.870. The van der Waals surface area contributed by atoms with Crippen molar-refractivity contribution in [2.45, 2.75) is 52.6 Å². The first-order valence-electron chi connectivity index (χ1n) is 8.09. The van der Waals surface area contributed by atoms with Crippen molar-refractivity contribution >= 4 is 17.4 Å². The molecule has 1 aliphatic rings. The van der Waals surface area contributed by atoms with Crippen LogP contribution in [0.15, 0.2) is 6.07 Å². The van der Waals surface area contributed by atoms with E-state index in [1.54, 1.807) is 0 Å². The van der Waals surface area contributed by atoms with Crippen LogP contribution in [0.1, 0.15) is 51.8 Å². The highest BCUT2D eigenvalue weighted by molar-refractivity contribution is 6.29. The molecule has 1 unspecified atom stereocenters. The first-order chi connectivity index (χ1) is 10.2. The van der Waals surface area contributed by atoms with Gasteiger partial charge in [-0.3, -0.25) is 0 Å². The van der Waals surface area contributed by atoms with Crippen LogP contribution in [0.2, 0.25) is 5.15 Å². The maximum absolute atomic E-state index is 6.13. The van der Waals surface area contributed by atoms with Gasteiger partial charge in [-0.25, -0.2) is 9.97 Å². The predicted octanol–water partition coefficient (Wildman–Crippen LogP) is 4.07. The second-order valence-corrected chi connectivity index (χ2v) is 6.06. The Bertz CT molecular complexity index is 442. The highest BCUT2D eigenvalue weighted by Gasteiger charge is 2.18. The molecule has 0 spiro atoms. The van der Waals surface area contributed by atoms with Crippen molar-refractivity contribution in [1.29, 1.82) is 0 Å². The van der Waals surface area contributed by atoms with E-state index in [0.717, 1.165) is 24.8 Å². The molecule has 2 heterocycles. The molecule has 4 nitrogen and oxygen atoms in total. The highest BCUT2D eigenvalue weighted by Crippen LogP contribution is 2.25. The van der Waals surface area contributed by atoms with Gasteiger partial charge >= 0.3 is 0 Å². The Kier molecular flexibility index (Phi) is 6.71. The zero-order valence-corrected chi connectivity index (χ0v) is 13.9. The molecule has 0 aliphatic carbocycles. The van der Waals surface area contributed by atoms with Crippen molar-refractivity contribution in [3.05, 3.63) is 17.0 Å². The van der Waals surface area contributed by atoms with Gasteiger partial charge in [0.1, 0.15) is 17.6 Å². The zero-order chi connectivity index (χ0) is 15.1. The van der Waals surface area contributed by atoms with Gasteiger partial charge in [0.25, 0.3) is 0 Å². The summed E-state index contributed by atoms with van der Waals surface area (Å²) in [6.45, 7) is 7.44. The molecule has 0 radical (unpaired) electrons. The first kappa shape index (κ1) is 16.5. The lowest BCUT2D eigenvalue weighted by atomic mass is 9.96. The third kappa shape index (κ3) is 5.11. The molecule has 0 saturated carbocycles. The predicted molar refractivity (Wildman–Crippen MR) is 86.8 cm³/mol. The summed E-state index contributed by atoms with van der Waals surface area (Å²) in [6, 6.07) is 1.87. The fourth-order valence-corrected chi connectivity index (χ4v) is 3.16. The lowest BCUT2D eigenvalue weighted by Gasteiger charge is -2.22. The van der Waals surface area contributed by atoms with Gasteiger partial charge in [-0.05, 0) is 32.1 Å². The van der Waals surface area contributed by atoms with Crippen molar-refractivity contribution in [2.24, 2.45) is 5.92 Å². The van der Waals surface area contributed by atoms with Crippen LogP contribution < -0.4 is 4.90 Å². The van der Waals surface area contributed by atoms with Crippen molar-refractivity contribution in [3.8, 4) is 0 Å². The molecule has 0 aromatic carbocycles. The van der Waals surface area contributed by atoms with Crippen LogP contribution in [0.3, 0.4) is 0 Å². The van der Waals surface area contributed by atoms with Gasteiger partial charge in [0.15, 0.2) is 5.82 Å². The minimum atomic E-state index is 0.427. The van der Waals surface area contributed by atoms with Crippen molar-refractivity contribution in [2.75, 3.05) is 24.6 Å². The number of halogens is 1. The van der Waals surface area contributed by atoms with Gasteiger partial charge in [0.2, 0.25) is 0 Å². The zero-order valence-electron chi connectivity index (χ0n) is 13.1. The van der Waals surface area contributed by atoms with Gasteiger partial charge in [-0.15, -0.1) is 0 Å². The van der Waals surface area contributed by atoms with E-state index in [4.69, 9.17) is 16.3 Å². The van der Waals surface area contributed by atoms with E-state index >= 15 is 0 Å². The smallest absolute Gasteiger partial charge is 0.158 e. The summed E-state index contributed by atoms with van der Waals surface area (Å²) in [5.41, 5.74) is 0. The van der Waals surface area contributed by atoms with Crippen molar-refractivity contribution in [3.63, 3.8) is 0 Å². The van der Waals surface area contributed by atoms with E-state index < -0.39 is 0 Å². The molecule has 2 rings (SSSR count). The minimum Gasteiger partial charge on any atom is -0.374 e. The maximum Gasteiger partial charge on any atom is 0.158 e. The summed E-state index contributed by atoms with van der Waals surface area (Å²) in [6.07, 6.45) is 6.43. The van der Waals surface area contributed by atoms with Gasteiger partial charge in [-0.2, -0.15) is 0 Å². The summed E-state index contributed by atoms with van der Waals surface area (Å²) >= 11 is 6.13. The SMILES string of the molecule is CCCC1CCCN(c2cc(Cl)nc(COCC)n2)CC1. The van der Waals surface area contributed by atoms with Crippen LogP contribution in [0.25, 0.3) is 0 Å². The van der Waals surface area contributed by atoms with Crippen LogP contribution >= 0.6 is 11.6 Å². The molecule has 0 bridgehead atoms. The first-order valence-corrected chi connectivity index (χ1v) is 8.46. The van der Waals surface area contributed by atoms with E-state index in [1.807, 2.05) is 13.0 Å². The van der Waals surface area contributed by atoms with Crippen LogP contribution in [-0.2, 0) is 11.3 Å². The van der Waals surface area contributed by atoms with E-state index in [-0.39, 0.29) is 0 Å². The number of nitrogens with zero attached hydrogens (tertiary/aromatic N) is 3. The standard InChI is InChI=1S/C16H26ClN3O/c1-3-6-13-7-5-9-20(10-8-13)16-11-14(17)18-15(19-16)12-21-4-2/h11,13H,3-10,12H2,1-2H3. The maximum atomic E-state index is 6.13. The normalized spacial score (nSPS) is 19.6. The Morgan fingerprint density at radius 3 is 2.90 bits per heavy atom. The topological polar surface area (TPSA) is 38.2 Å². The summed E-state index contributed by atoms with van der Waals surface area (Å²) in [5.74, 6) is 2.48. The molecule has 0 N–H and O–H groups in total. The molecule has 21 heavy (non-hydrogen) atoms. The average molecular weight is 312 g/mol. The third-order valence-corrected chi connectivity index (χ3v) is 4.23. The van der Waals surface area contributed by atoms with E-state index in [0.29, 0.717) is 24.2 Å². The second-order valence-electron chi connectivity index (χ2n) is 5.67. The van der Waals surface area contributed by atoms with Crippen LogP contribution in [0, 0.1) is 5.92 Å². The fourth-order valence-electron chi connectivity index (χ4n) is 2.96. The largest absolute Gasteiger partial charge is 0.374 e. The molecule has 1 aliphatic heterocycles. The quantitative estimate of drug-likeness (QED) is 0.742. The molecule has 1 atom stereocenters. The Morgan fingerprint density at radius 2 is 2.14 bits per heavy atom. The van der Waals surface area contributed by atoms with Crippen molar-refractivity contribution < 1.29 is 4.74 Å². The highest BCUT2D eigenvalue weighted by atomic mass is 35.5. The van der Waals surface area contributed by atoms with Crippen molar-refractivity contribution in [1.82, 2.24) is 9.97 Å². The molecule has 1 aromatic rings. The van der Waals surface area contributed by atoms with E-state index in [9.17, 15) is 0 Å². The second kappa shape index (κ2) is 8.54. The summed E-state index contributed by atoms with van der Waals surface area (Å²) in [7, 11) is 0. The molecular formula is C16H26ClN3O. The molecule has 5 heteroatoms. The molecular weight excluding hydrogens is 286 g/mol. The average Bonchev–Trinajstić information content (AvgIpc) is 2.71. The Labute approximate surface area is 132 Å². The lowest BCUT2D eigenvalue weighted by Crippen LogP contribution is -2.25. The van der Waals surface area contributed by atoms with Crippen LogP contribution in [0.4, 0.5) is 5.82 Å². The minimum absolute atomic E-state index is 0.427. The monoisotopic (exact) mass is 311 g/mol. The number of hydrogen-bond donors (Lipinski definition) is 0. The Morgan fingerprint density at radius 1 is 1.29 bits per heavy atom. The van der Waals surface area contributed by atoms with Gasteiger partial charge in [0, 0.05) is 25.8 Å². The number of rotatable bonds is 6. The van der Waals surface area contributed by atoms with E-state index in [2.05, 4.69) is 21.8 Å². The lowest BCUT2D eigenvalue weighted by molar-refractivity contribution is 0.128. The molecule has 0 amide bonds. The van der Waals surface area contributed by atoms with E-state index in [1.165, 1.54) is 32.1 Å². The third-order valence-electron chi connectivity index (χ3n) is 4.03. The Balaban J connectivity index is 2.04. The number of hydrogen-bond acceptors (Lipinski definition) is 4. The summed E-state index contributed by atoms with van der Waals surface area (Å²) < 4.78 is 5.39. The molecule has 118 valence electrons. The van der Waals surface area contributed by atoms with Crippen LogP contribution in [0.5, 0.6) is 0 Å². The van der Waals surface area contributed by atoms with Crippen LogP contribution in [-0.4, -0.2) is 29.7 Å². The van der Waals surface area contributed by atoms with Gasteiger partial charge < -0.3 is 9.64 Å². The summed E-state index contributed by atoms with van der Waals surface area (Å²) in [4.78, 5) is 11.2. The number of aromatic nitrogens is 2. The van der Waals surface area contributed by atoms with Gasteiger partial charge in [-0.1, -0.05) is 31.4 Å². The molecule has 1 saturated heterocycles. The number of anilines is 1. The molecule has 1 aromatic heterocycles. The summed E-state index contributed by atoms with van der Waals surface area (Å²) in [5, 5.41) is 0.504. The molecule has 1 fully saturated rings. The van der Waals surface area contributed by atoms with Gasteiger partial charge in [0.05, 0.1) is 0 Å². The number of ether oxygens (including phenoxy) is 1. The fraction of sp³-hybridized carbons (Fsp3) is 0.750.